The van der Waals surface area contributed by atoms with Crippen LogP contribution in [-0.2, 0) is 19.4 Å². The number of rotatable bonds is 3. The van der Waals surface area contributed by atoms with Gasteiger partial charge in [-0.2, -0.15) is 0 Å². The third kappa shape index (κ3) is 2.34. The zero-order valence-electron chi connectivity index (χ0n) is 9.21. The van der Waals surface area contributed by atoms with Gasteiger partial charge in [-0.3, -0.25) is 4.79 Å². The van der Waals surface area contributed by atoms with Crippen molar-refractivity contribution in [2.45, 2.75) is 31.6 Å². The minimum atomic E-state index is -3.29. The molecule has 1 saturated heterocycles. The number of sulfone groups is 1. The van der Waals surface area contributed by atoms with Crippen LogP contribution < -0.4 is 0 Å². The van der Waals surface area contributed by atoms with Crippen LogP contribution in [0.15, 0.2) is 0 Å². The van der Waals surface area contributed by atoms with Crippen LogP contribution in [0.2, 0.25) is 0 Å². The highest BCUT2D eigenvalue weighted by atomic mass is 32.2. The molecule has 1 rings (SSSR count). The summed E-state index contributed by atoms with van der Waals surface area (Å²) in [5.41, 5.74) is 0. The zero-order valence-corrected chi connectivity index (χ0v) is 10.0. The molecule has 1 heterocycles. The Morgan fingerprint density at radius 1 is 1.44 bits per heavy atom. The van der Waals surface area contributed by atoms with Gasteiger partial charge in [-0.1, -0.05) is 6.92 Å². The normalized spacial score (nSPS) is 25.8. The molecule has 2 atom stereocenters. The molecule has 1 N–H and O–H groups in total. The molecule has 0 aliphatic carbocycles. The van der Waals surface area contributed by atoms with Gasteiger partial charge in [-0.25, -0.2) is 13.2 Å². The third-order valence-electron chi connectivity index (χ3n) is 2.86. The Kier molecular flexibility index (Phi) is 3.57. The predicted molar refractivity (Wildman–Crippen MR) is 56.7 cm³/mol. The number of hydrogen-bond acceptors (Lipinski definition) is 4. The van der Waals surface area contributed by atoms with E-state index in [1.54, 1.807) is 0 Å². The summed E-state index contributed by atoms with van der Waals surface area (Å²) in [6.07, 6.45) is -0.00884. The fourth-order valence-electron chi connectivity index (χ4n) is 1.88. The number of aliphatic carboxylic acids is 1. The summed E-state index contributed by atoms with van der Waals surface area (Å²) in [7, 11) is -3.29. The second kappa shape index (κ2) is 4.40. The molecule has 0 aromatic rings. The molecule has 0 radical (unpaired) electrons. The van der Waals surface area contributed by atoms with Crippen LogP contribution >= 0.6 is 0 Å². The number of carboxylic acids is 1. The maximum atomic E-state index is 11.6. The van der Waals surface area contributed by atoms with Crippen molar-refractivity contribution in [2.24, 2.45) is 0 Å². The van der Waals surface area contributed by atoms with Crippen molar-refractivity contribution in [1.82, 2.24) is 4.90 Å². The van der Waals surface area contributed by atoms with Gasteiger partial charge in [0.1, 0.15) is 6.04 Å². The van der Waals surface area contributed by atoms with E-state index < -0.39 is 33.0 Å². The number of likely N-dealkylation sites (tertiary alicyclic amines) is 1. The first kappa shape index (κ1) is 13.0. The van der Waals surface area contributed by atoms with Gasteiger partial charge in [0.2, 0.25) is 5.91 Å². The lowest BCUT2D eigenvalue weighted by Crippen LogP contribution is -2.39. The maximum Gasteiger partial charge on any atom is 0.326 e. The summed E-state index contributed by atoms with van der Waals surface area (Å²) < 4.78 is 23.2. The largest absolute Gasteiger partial charge is 0.480 e. The lowest BCUT2D eigenvalue weighted by Gasteiger charge is -2.18. The highest BCUT2D eigenvalue weighted by Crippen LogP contribution is 2.24. The van der Waals surface area contributed by atoms with E-state index in [0.717, 1.165) is 4.90 Å². The topological polar surface area (TPSA) is 91.8 Å². The molecule has 0 spiro atoms. The van der Waals surface area contributed by atoms with Gasteiger partial charge in [0.25, 0.3) is 0 Å². The van der Waals surface area contributed by atoms with Crippen molar-refractivity contribution in [3.8, 4) is 0 Å². The fourth-order valence-corrected chi connectivity index (χ4v) is 3.21. The van der Waals surface area contributed by atoms with E-state index in [1.165, 1.54) is 13.8 Å². The van der Waals surface area contributed by atoms with Crippen LogP contribution in [0.3, 0.4) is 0 Å². The Hall–Kier alpha value is -1.11. The highest BCUT2D eigenvalue weighted by Gasteiger charge is 2.43. The van der Waals surface area contributed by atoms with E-state index in [2.05, 4.69) is 0 Å². The second-order valence-corrected chi connectivity index (χ2v) is 6.40. The molecule has 92 valence electrons. The number of carboxylic acid groups (broad SMARTS) is 1. The van der Waals surface area contributed by atoms with Crippen molar-refractivity contribution in [1.29, 1.82) is 0 Å². The molecule has 0 unspecified atom stereocenters. The van der Waals surface area contributed by atoms with Crippen LogP contribution in [0, 0.1) is 0 Å². The first-order valence-corrected chi connectivity index (χ1v) is 6.72. The molecule has 0 bridgehead atoms. The monoisotopic (exact) mass is 249 g/mol. The van der Waals surface area contributed by atoms with Crippen LogP contribution in [-0.4, -0.2) is 53.9 Å². The van der Waals surface area contributed by atoms with Crippen molar-refractivity contribution in [3.63, 3.8) is 0 Å². The average molecular weight is 249 g/mol. The molecule has 1 amide bonds. The van der Waals surface area contributed by atoms with Crippen molar-refractivity contribution in [2.75, 3.05) is 12.3 Å². The van der Waals surface area contributed by atoms with Crippen molar-refractivity contribution < 1.29 is 23.1 Å². The Bertz CT molecular complexity index is 380. The molecule has 0 saturated carbocycles. The van der Waals surface area contributed by atoms with E-state index in [1.807, 2.05) is 0 Å². The molecule has 7 heteroatoms. The van der Waals surface area contributed by atoms with E-state index in [9.17, 15) is 18.0 Å². The Morgan fingerprint density at radius 3 is 2.31 bits per heavy atom. The summed E-state index contributed by atoms with van der Waals surface area (Å²) >= 11 is 0. The number of carbonyl (C=O) groups excluding carboxylic acids is 1. The minimum absolute atomic E-state index is 0.00884. The van der Waals surface area contributed by atoms with Crippen molar-refractivity contribution in [3.05, 3.63) is 0 Å². The van der Waals surface area contributed by atoms with E-state index >= 15 is 0 Å². The molecule has 6 nitrogen and oxygen atoms in total. The minimum Gasteiger partial charge on any atom is -0.480 e. The van der Waals surface area contributed by atoms with Crippen molar-refractivity contribution >= 4 is 21.7 Å². The predicted octanol–water partition coefficient (Wildman–Crippen LogP) is -0.505. The number of amides is 1. The second-order valence-electron chi connectivity index (χ2n) is 3.83. The van der Waals surface area contributed by atoms with Gasteiger partial charge in [-0.05, 0) is 6.42 Å². The maximum absolute atomic E-state index is 11.6. The number of nitrogens with zero attached hydrogens (tertiary/aromatic N) is 1. The van der Waals surface area contributed by atoms with Gasteiger partial charge in [0, 0.05) is 19.2 Å². The number of carbonyl (C=O) groups is 2. The summed E-state index contributed by atoms with van der Waals surface area (Å²) in [5, 5.41) is 8.15. The Labute approximate surface area is 94.2 Å². The lowest BCUT2D eigenvalue weighted by atomic mass is 10.2. The van der Waals surface area contributed by atoms with Gasteiger partial charge in [0.05, 0.1) is 5.25 Å². The van der Waals surface area contributed by atoms with Gasteiger partial charge in [-0.15, -0.1) is 0 Å². The van der Waals surface area contributed by atoms with Crippen LogP contribution in [0.25, 0.3) is 0 Å². The molecule has 0 aromatic heterocycles. The summed E-state index contributed by atoms with van der Waals surface area (Å²) in [4.78, 5) is 23.2. The Balaban J connectivity index is 2.93. The van der Waals surface area contributed by atoms with Gasteiger partial charge in [0.15, 0.2) is 9.84 Å². The molecular formula is C9H15NO5S. The zero-order chi connectivity index (χ0) is 12.5. The fraction of sp³-hybridized carbons (Fsp3) is 0.778. The van der Waals surface area contributed by atoms with E-state index in [0.29, 0.717) is 0 Å². The summed E-state index contributed by atoms with van der Waals surface area (Å²) in [5.74, 6) is -1.58. The van der Waals surface area contributed by atoms with Crippen LogP contribution in [0.5, 0.6) is 0 Å². The molecular weight excluding hydrogens is 234 g/mol. The lowest BCUT2D eigenvalue weighted by molar-refractivity contribution is -0.147. The number of hydrogen-bond donors (Lipinski definition) is 1. The standard InChI is InChI=1S/C9H15NO5S/c1-3-16(14,15)7-4-8(9(12)13)10(5-7)6(2)11/h7-8H,3-5H2,1-2H3,(H,12,13)/t7-,8+/m1/s1. The third-order valence-corrected chi connectivity index (χ3v) is 5.02. The quantitative estimate of drug-likeness (QED) is 0.727. The summed E-state index contributed by atoms with van der Waals surface area (Å²) in [6.45, 7) is 2.75. The summed E-state index contributed by atoms with van der Waals surface area (Å²) in [6, 6.07) is -1.01. The molecule has 1 fully saturated rings. The highest BCUT2D eigenvalue weighted by molar-refractivity contribution is 7.92. The smallest absolute Gasteiger partial charge is 0.326 e. The SMILES string of the molecule is CCS(=O)(=O)[C@@H]1C[C@@H](C(=O)O)N(C(C)=O)C1. The van der Waals surface area contributed by atoms with Crippen LogP contribution in [0.4, 0.5) is 0 Å². The van der Waals surface area contributed by atoms with Gasteiger partial charge < -0.3 is 10.0 Å². The molecule has 1 aliphatic rings. The molecule has 16 heavy (non-hydrogen) atoms. The van der Waals surface area contributed by atoms with Crippen LogP contribution in [0.1, 0.15) is 20.3 Å². The first-order chi connectivity index (χ1) is 7.29. The molecule has 0 aromatic carbocycles. The Morgan fingerprint density at radius 2 is 2.00 bits per heavy atom. The van der Waals surface area contributed by atoms with Gasteiger partial charge >= 0.3 is 5.97 Å². The molecule has 1 aliphatic heterocycles. The van der Waals surface area contributed by atoms with E-state index in [4.69, 9.17) is 5.11 Å². The average Bonchev–Trinajstić information content (AvgIpc) is 2.62. The first-order valence-electron chi connectivity index (χ1n) is 5.01. The van der Waals surface area contributed by atoms with E-state index in [-0.39, 0.29) is 18.7 Å².